The summed E-state index contributed by atoms with van der Waals surface area (Å²) in [7, 11) is 0. The number of furan rings is 2. The summed E-state index contributed by atoms with van der Waals surface area (Å²) in [4.78, 5) is 10.5. The third-order valence-electron chi connectivity index (χ3n) is 11.0. The standard InChI is InChI=1S/C50H29N3O2/c1-2-12-32(13-3-1)53-41-20-8-5-14-33(41)38-28-30(24-26-42(38)53)31-25-27-44-39(29-31)48-36(17-10-22-46(48)55-44)49-34-15-4-7-19-40(34)51-50(52-49)37-18-11-23-45-47(37)35-16-6-9-21-43(35)54-45/h1-29H. The molecule has 0 unspecified atom stereocenters. The molecule has 5 nitrogen and oxygen atoms in total. The van der Waals surface area contributed by atoms with Crippen LogP contribution in [-0.2, 0) is 0 Å². The van der Waals surface area contributed by atoms with E-state index in [-0.39, 0.29) is 0 Å². The van der Waals surface area contributed by atoms with Crippen molar-refractivity contribution in [1.82, 2.24) is 14.5 Å². The van der Waals surface area contributed by atoms with Gasteiger partial charge in [0.2, 0.25) is 0 Å². The van der Waals surface area contributed by atoms with Crippen LogP contribution in [0.2, 0.25) is 0 Å². The molecule has 0 spiro atoms. The lowest BCUT2D eigenvalue weighted by atomic mass is 9.97. The van der Waals surface area contributed by atoms with Gasteiger partial charge in [-0.25, -0.2) is 9.97 Å². The largest absolute Gasteiger partial charge is 0.456 e. The number of rotatable bonds is 4. The van der Waals surface area contributed by atoms with E-state index < -0.39 is 0 Å². The Kier molecular flexibility index (Phi) is 6.27. The topological polar surface area (TPSA) is 57.0 Å². The summed E-state index contributed by atoms with van der Waals surface area (Å²) in [5.74, 6) is 0.652. The van der Waals surface area contributed by atoms with E-state index >= 15 is 0 Å². The zero-order chi connectivity index (χ0) is 36.0. The number of hydrogen-bond acceptors (Lipinski definition) is 4. The maximum absolute atomic E-state index is 6.55. The average molecular weight is 704 g/mol. The molecule has 0 amide bonds. The van der Waals surface area contributed by atoms with Crippen LogP contribution in [0.15, 0.2) is 185 Å². The number of nitrogens with zero attached hydrogens (tertiary/aromatic N) is 3. The Morgan fingerprint density at radius 2 is 0.982 bits per heavy atom. The van der Waals surface area contributed by atoms with Crippen LogP contribution in [0.1, 0.15) is 0 Å². The summed E-state index contributed by atoms with van der Waals surface area (Å²) in [6, 6.07) is 61.3. The molecule has 0 N–H and O–H groups in total. The van der Waals surface area contributed by atoms with Crippen LogP contribution in [0, 0.1) is 0 Å². The molecule has 4 heterocycles. The van der Waals surface area contributed by atoms with E-state index in [0.29, 0.717) is 5.82 Å². The molecule has 0 fully saturated rings. The zero-order valence-electron chi connectivity index (χ0n) is 29.4. The van der Waals surface area contributed by atoms with Gasteiger partial charge in [0, 0.05) is 54.5 Å². The second-order valence-corrected chi connectivity index (χ2v) is 14.1. The fourth-order valence-corrected chi connectivity index (χ4v) is 8.57. The number of para-hydroxylation sites is 4. The van der Waals surface area contributed by atoms with Crippen molar-refractivity contribution in [2.75, 3.05) is 0 Å². The van der Waals surface area contributed by atoms with Gasteiger partial charge in [0.1, 0.15) is 22.3 Å². The van der Waals surface area contributed by atoms with E-state index in [1.54, 1.807) is 0 Å². The van der Waals surface area contributed by atoms with E-state index in [1.807, 2.05) is 42.5 Å². The summed E-state index contributed by atoms with van der Waals surface area (Å²) in [5.41, 5.74) is 12.8. The van der Waals surface area contributed by atoms with E-state index in [9.17, 15) is 0 Å². The Bertz CT molecular complexity index is 3500. The van der Waals surface area contributed by atoms with Crippen molar-refractivity contribution in [3.63, 3.8) is 0 Å². The maximum atomic E-state index is 6.55. The number of fused-ring (bicyclic) bond motifs is 10. The number of aromatic nitrogens is 3. The molecule has 55 heavy (non-hydrogen) atoms. The molecule has 4 aromatic heterocycles. The van der Waals surface area contributed by atoms with Crippen molar-refractivity contribution in [3.8, 4) is 39.5 Å². The van der Waals surface area contributed by atoms with Gasteiger partial charge in [-0.15, -0.1) is 0 Å². The number of hydrogen-bond donors (Lipinski definition) is 0. The van der Waals surface area contributed by atoms with E-state index in [0.717, 1.165) is 88.4 Å². The van der Waals surface area contributed by atoms with Crippen molar-refractivity contribution in [1.29, 1.82) is 0 Å². The summed E-state index contributed by atoms with van der Waals surface area (Å²) >= 11 is 0. The van der Waals surface area contributed by atoms with Crippen LogP contribution in [0.3, 0.4) is 0 Å². The van der Waals surface area contributed by atoms with Gasteiger partial charge in [-0.05, 0) is 77.9 Å². The third-order valence-corrected chi connectivity index (χ3v) is 11.0. The predicted molar refractivity (Wildman–Crippen MR) is 225 cm³/mol. The minimum Gasteiger partial charge on any atom is -0.456 e. The Morgan fingerprint density at radius 1 is 0.382 bits per heavy atom. The summed E-state index contributed by atoms with van der Waals surface area (Å²) in [6.07, 6.45) is 0. The van der Waals surface area contributed by atoms with Crippen molar-refractivity contribution in [2.24, 2.45) is 0 Å². The molecule has 256 valence electrons. The van der Waals surface area contributed by atoms with Crippen molar-refractivity contribution >= 4 is 76.6 Å². The molecule has 8 aromatic carbocycles. The van der Waals surface area contributed by atoms with E-state index in [4.69, 9.17) is 18.8 Å². The number of benzene rings is 8. The fourth-order valence-electron chi connectivity index (χ4n) is 8.57. The lowest BCUT2D eigenvalue weighted by Gasteiger charge is -2.11. The van der Waals surface area contributed by atoms with Crippen molar-refractivity contribution in [3.05, 3.63) is 176 Å². The van der Waals surface area contributed by atoms with Gasteiger partial charge in [0.25, 0.3) is 0 Å². The molecule has 12 aromatic rings. The SMILES string of the molecule is c1ccc(-n2c3ccccc3c3cc(-c4ccc5oc6cccc(-c7nc(-c8cccc9oc%10ccccc%10c89)nc8ccccc78)c6c5c4)ccc32)cc1. The van der Waals surface area contributed by atoms with Gasteiger partial charge in [0.05, 0.1) is 22.2 Å². The van der Waals surface area contributed by atoms with Gasteiger partial charge < -0.3 is 13.4 Å². The lowest BCUT2D eigenvalue weighted by Crippen LogP contribution is -1.96. The lowest BCUT2D eigenvalue weighted by molar-refractivity contribution is 0.668. The first-order chi connectivity index (χ1) is 27.3. The summed E-state index contributed by atoms with van der Waals surface area (Å²) in [5, 5.41) is 7.56. The molecular formula is C50H29N3O2. The Balaban J connectivity index is 1.07. The second kappa shape index (κ2) is 11.5. The normalized spacial score (nSPS) is 12.0. The maximum Gasteiger partial charge on any atom is 0.161 e. The van der Waals surface area contributed by atoms with Crippen LogP contribution in [0.4, 0.5) is 0 Å². The minimum atomic E-state index is 0.652. The molecule has 12 rings (SSSR count). The Morgan fingerprint density at radius 3 is 1.82 bits per heavy atom. The molecule has 0 aliphatic heterocycles. The Hall–Kier alpha value is -7.50. The summed E-state index contributed by atoms with van der Waals surface area (Å²) in [6.45, 7) is 0. The molecule has 0 saturated heterocycles. The molecule has 0 aliphatic rings. The van der Waals surface area contributed by atoms with Gasteiger partial charge in [-0.1, -0.05) is 109 Å². The molecule has 5 heteroatoms. The highest BCUT2D eigenvalue weighted by atomic mass is 16.3. The first-order valence-electron chi connectivity index (χ1n) is 18.5. The van der Waals surface area contributed by atoms with Crippen LogP contribution in [-0.4, -0.2) is 14.5 Å². The van der Waals surface area contributed by atoms with Crippen LogP contribution in [0.25, 0.3) is 116 Å². The smallest absolute Gasteiger partial charge is 0.161 e. The van der Waals surface area contributed by atoms with Gasteiger partial charge in [-0.2, -0.15) is 0 Å². The Labute approximate surface area is 314 Å². The second-order valence-electron chi connectivity index (χ2n) is 14.1. The predicted octanol–water partition coefficient (Wildman–Crippen LogP) is 13.5. The quantitative estimate of drug-likeness (QED) is 0.183. The fraction of sp³-hybridized carbons (Fsp3) is 0. The highest BCUT2D eigenvalue weighted by Crippen LogP contribution is 2.42. The van der Waals surface area contributed by atoms with Crippen LogP contribution in [0.5, 0.6) is 0 Å². The van der Waals surface area contributed by atoms with E-state index in [2.05, 4.69) is 138 Å². The molecule has 0 aliphatic carbocycles. The first-order valence-corrected chi connectivity index (χ1v) is 18.5. The van der Waals surface area contributed by atoms with Gasteiger partial charge in [0.15, 0.2) is 5.82 Å². The van der Waals surface area contributed by atoms with Crippen molar-refractivity contribution in [2.45, 2.75) is 0 Å². The van der Waals surface area contributed by atoms with Crippen molar-refractivity contribution < 1.29 is 8.83 Å². The average Bonchev–Trinajstić information content (AvgIpc) is 3.92. The molecule has 0 bridgehead atoms. The minimum absolute atomic E-state index is 0.652. The monoisotopic (exact) mass is 703 g/mol. The van der Waals surface area contributed by atoms with Gasteiger partial charge in [-0.3, -0.25) is 0 Å². The van der Waals surface area contributed by atoms with Gasteiger partial charge >= 0.3 is 0 Å². The summed E-state index contributed by atoms with van der Waals surface area (Å²) < 4.78 is 15.2. The molecular weight excluding hydrogens is 675 g/mol. The zero-order valence-corrected chi connectivity index (χ0v) is 29.4. The van der Waals surface area contributed by atoms with E-state index in [1.165, 1.54) is 21.8 Å². The molecule has 0 saturated carbocycles. The third kappa shape index (κ3) is 4.47. The first kappa shape index (κ1) is 30.0. The molecule has 0 radical (unpaired) electrons. The highest BCUT2D eigenvalue weighted by molar-refractivity contribution is 6.17. The molecule has 0 atom stereocenters. The van der Waals surface area contributed by atoms with Crippen LogP contribution < -0.4 is 0 Å². The highest BCUT2D eigenvalue weighted by Gasteiger charge is 2.21. The van der Waals surface area contributed by atoms with Crippen LogP contribution >= 0.6 is 0 Å².